The van der Waals surface area contributed by atoms with Crippen molar-refractivity contribution in [3.63, 3.8) is 0 Å². The van der Waals surface area contributed by atoms with Crippen LogP contribution in [0, 0.1) is 0 Å². The Bertz CT molecular complexity index is 388. The fourth-order valence-corrected chi connectivity index (χ4v) is 2.12. The topological polar surface area (TPSA) is 47.6 Å². The summed E-state index contributed by atoms with van der Waals surface area (Å²) < 4.78 is 11.2. The molecule has 4 heteroatoms. The van der Waals surface area contributed by atoms with Crippen molar-refractivity contribution in [2.24, 2.45) is 0 Å². The molecule has 1 aliphatic heterocycles. The minimum Gasteiger partial charge on any atom is -0.481 e. The number of carbonyl (C=O) groups excluding carboxylic acids is 1. The number of para-hydroxylation sites is 1. The number of hydrogen-bond donors (Lipinski definition) is 1. The molecular formula is C15H21NO3. The SMILES string of the molecule is CC[C@H](Oc1ccccc1)C(=O)NC[C@@H]1CCCO1. The van der Waals surface area contributed by atoms with E-state index in [1.807, 2.05) is 37.3 Å². The lowest BCUT2D eigenvalue weighted by atomic mass is 10.2. The van der Waals surface area contributed by atoms with Gasteiger partial charge in [-0.3, -0.25) is 4.79 Å². The lowest BCUT2D eigenvalue weighted by Gasteiger charge is -2.18. The molecule has 1 saturated heterocycles. The molecule has 1 aromatic carbocycles. The average Bonchev–Trinajstić information content (AvgIpc) is 2.96. The fourth-order valence-electron chi connectivity index (χ4n) is 2.12. The predicted octanol–water partition coefficient (Wildman–Crippen LogP) is 2.14. The zero-order chi connectivity index (χ0) is 13.5. The van der Waals surface area contributed by atoms with Gasteiger partial charge < -0.3 is 14.8 Å². The van der Waals surface area contributed by atoms with Crippen LogP contribution in [0.2, 0.25) is 0 Å². The maximum absolute atomic E-state index is 12.0. The Morgan fingerprint density at radius 3 is 2.89 bits per heavy atom. The Morgan fingerprint density at radius 2 is 2.26 bits per heavy atom. The molecule has 0 bridgehead atoms. The van der Waals surface area contributed by atoms with Crippen LogP contribution in [0.3, 0.4) is 0 Å². The van der Waals surface area contributed by atoms with Gasteiger partial charge in [-0.1, -0.05) is 25.1 Å². The fraction of sp³-hybridized carbons (Fsp3) is 0.533. The van der Waals surface area contributed by atoms with Gasteiger partial charge in [0.2, 0.25) is 0 Å². The number of rotatable bonds is 6. The highest BCUT2D eigenvalue weighted by Crippen LogP contribution is 2.13. The number of amides is 1. The van der Waals surface area contributed by atoms with Gasteiger partial charge in [-0.2, -0.15) is 0 Å². The summed E-state index contributed by atoms with van der Waals surface area (Å²) in [6.45, 7) is 3.32. The second-order valence-corrected chi connectivity index (χ2v) is 4.71. The molecule has 1 N–H and O–H groups in total. The van der Waals surface area contributed by atoms with Crippen LogP contribution < -0.4 is 10.1 Å². The summed E-state index contributed by atoms with van der Waals surface area (Å²) in [6, 6.07) is 9.43. The number of carbonyl (C=O) groups is 1. The molecule has 4 nitrogen and oxygen atoms in total. The molecule has 1 aromatic rings. The molecule has 1 aliphatic rings. The average molecular weight is 263 g/mol. The van der Waals surface area contributed by atoms with Crippen LogP contribution in [-0.2, 0) is 9.53 Å². The van der Waals surface area contributed by atoms with E-state index in [0.717, 1.165) is 25.2 Å². The molecule has 0 spiro atoms. The summed E-state index contributed by atoms with van der Waals surface area (Å²) in [5.41, 5.74) is 0. The van der Waals surface area contributed by atoms with E-state index >= 15 is 0 Å². The molecule has 0 unspecified atom stereocenters. The summed E-state index contributed by atoms with van der Waals surface area (Å²) >= 11 is 0. The first-order valence-electron chi connectivity index (χ1n) is 6.90. The summed E-state index contributed by atoms with van der Waals surface area (Å²) in [4.78, 5) is 12.0. The van der Waals surface area contributed by atoms with E-state index in [9.17, 15) is 4.79 Å². The lowest BCUT2D eigenvalue weighted by Crippen LogP contribution is -2.41. The molecule has 1 fully saturated rings. The van der Waals surface area contributed by atoms with Crippen LogP contribution in [0.1, 0.15) is 26.2 Å². The Morgan fingerprint density at radius 1 is 1.47 bits per heavy atom. The van der Waals surface area contributed by atoms with Gasteiger partial charge in [0.15, 0.2) is 6.10 Å². The van der Waals surface area contributed by atoms with E-state index in [4.69, 9.17) is 9.47 Å². The van der Waals surface area contributed by atoms with E-state index in [1.165, 1.54) is 0 Å². The third-order valence-corrected chi connectivity index (χ3v) is 3.21. The quantitative estimate of drug-likeness (QED) is 0.855. The van der Waals surface area contributed by atoms with Crippen molar-refractivity contribution in [3.8, 4) is 5.75 Å². The van der Waals surface area contributed by atoms with Crippen molar-refractivity contribution in [3.05, 3.63) is 30.3 Å². The zero-order valence-electron chi connectivity index (χ0n) is 11.3. The molecule has 19 heavy (non-hydrogen) atoms. The van der Waals surface area contributed by atoms with Crippen LogP contribution in [0.25, 0.3) is 0 Å². The Labute approximate surface area is 114 Å². The number of nitrogens with one attached hydrogen (secondary N) is 1. The lowest BCUT2D eigenvalue weighted by molar-refractivity contribution is -0.128. The largest absolute Gasteiger partial charge is 0.481 e. The predicted molar refractivity (Wildman–Crippen MR) is 73.1 cm³/mol. The molecular weight excluding hydrogens is 242 g/mol. The van der Waals surface area contributed by atoms with Crippen molar-refractivity contribution in [1.29, 1.82) is 0 Å². The molecule has 104 valence electrons. The van der Waals surface area contributed by atoms with Crippen LogP contribution in [-0.4, -0.2) is 31.3 Å². The van der Waals surface area contributed by atoms with Gasteiger partial charge in [-0.25, -0.2) is 0 Å². The van der Waals surface area contributed by atoms with E-state index in [0.29, 0.717) is 13.0 Å². The second-order valence-electron chi connectivity index (χ2n) is 4.71. The number of ether oxygens (including phenoxy) is 2. The van der Waals surface area contributed by atoms with Gasteiger partial charge in [-0.05, 0) is 31.4 Å². The third kappa shape index (κ3) is 4.24. The van der Waals surface area contributed by atoms with Crippen molar-refractivity contribution in [2.75, 3.05) is 13.2 Å². The van der Waals surface area contributed by atoms with Gasteiger partial charge in [0.05, 0.1) is 6.10 Å². The highest BCUT2D eigenvalue weighted by Gasteiger charge is 2.21. The highest BCUT2D eigenvalue weighted by atomic mass is 16.5. The van der Waals surface area contributed by atoms with Gasteiger partial charge >= 0.3 is 0 Å². The number of benzene rings is 1. The van der Waals surface area contributed by atoms with Crippen molar-refractivity contribution in [1.82, 2.24) is 5.32 Å². The van der Waals surface area contributed by atoms with Gasteiger partial charge in [0.25, 0.3) is 5.91 Å². The summed E-state index contributed by atoms with van der Waals surface area (Å²) in [5.74, 6) is 0.656. The maximum Gasteiger partial charge on any atom is 0.261 e. The van der Waals surface area contributed by atoms with Crippen LogP contribution in [0.5, 0.6) is 5.75 Å². The van der Waals surface area contributed by atoms with E-state index in [1.54, 1.807) is 0 Å². The van der Waals surface area contributed by atoms with Gasteiger partial charge in [-0.15, -0.1) is 0 Å². The Balaban J connectivity index is 1.81. The molecule has 1 heterocycles. The summed E-state index contributed by atoms with van der Waals surface area (Å²) in [7, 11) is 0. The van der Waals surface area contributed by atoms with Crippen molar-refractivity contribution >= 4 is 5.91 Å². The number of hydrogen-bond acceptors (Lipinski definition) is 3. The smallest absolute Gasteiger partial charge is 0.261 e. The summed E-state index contributed by atoms with van der Waals surface area (Å²) in [5, 5.41) is 2.91. The molecule has 2 atom stereocenters. The van der Waals surface area contributed by atoms with E-state index < -0.39 is 6.10 Å². The van der Waals surface area contributed by atoms with Crippen LogP contribution >= 0.6 is 0 Å². The minimum atomic E-state index is -0.441. The highest BCUT2D eigenvalue weighted by molar-refractivity contribution is 5.81. The standard InChI is InChI=1S/C15H21NO3/c1-2-14(19-12-7-4-3-5-8-12)15(17)16-11-13-9-6-10-18-13/h3-5,7-8,13-14H,2,6,9-11H2,1H3,(H,16,17)/t13-,14-/m0/s1. The maximum atomic E-state index is 12.0. The van der Waals surface area contributed by atoms with Crippen LogP contribution in [0.4, 0.5) is 0 Å². The Hall–Kier alpha value is -1.55. The molecule has 0 radical (unpaired) electrons. The van der Waals surface area contributed by atoms with Crippen LogP contribution in [0.15, 0.2) is 30.3 Å². The van der Waals surface area contributed by atoms with E-state index in [2.05, 4.69) is 5.32 Å². The first-order valence-corrected chi connectivity index (χ1v) is 6.90. The molecule has 0 aliphatic carbocycles. The molecule has 0 saturated carbocycles. The first kappa shape index (κ1) is 13.9. The molecule has 2 rings (SSSR count). The molecule has 0 aromatic heterocycles. The monoisotopic (exact) mass is 263 g/mol. The normalized spacial score (nSPS) is 19.9. The van der Waals surface area contributed by atoms with E-state index in [-0.39, 0.29) is 12.0 Å². The summed E-state index contributed by atoms with van der Waals surface area (Å²) in [6.07, 6.45) is 2.48. The van der Waals surface area contributed by atoms with Crippen molar-refractivity contribution < 1.29 is 14.3 Å². The first-order chi connectivity index (χ1) is 9.29. The van der Waals surface area contributed by atoms with Crippen molar-refractivity contribution in [2.45, 2.75) is 38.4 Å². The van der Waals surface area contributed by atoms with Gasteiger partial charge in [0, 0.05) is 13.2 Å². The Kier molecular flexibility index (Phi) is 5.21. The zero-order valence-corrected chi connectivity index (χ0v) is 11.3. The third-order valence-electron chi connectivity index (χ3n) is 3.21. The molecule has 1 amide bonds. The second kappa shape index (κ2) is 7.14. The minimum absolute atomic E-state index is 0.0677. The van der Waals surface area contributed by atoms with Gasteiger partial charge in [0.1, 0.15) is 5.75 Å².